The molecule has 1 unspecified atom stereocenters. The van der Waals surface area contributed by atoms with Gasteiger partial charge in [-0.2, -0.15) is 9.78 Å². The summed E-state index contributed by atoms with van der Waals surface area (Å²) >= 11 is 5.18. The van der Waals surface area contributed by atoms with Crippen LogP contribution in [-0.2, 0) is 13.0 Å². The van der Waals surface area contributed by atoms with Crippen LogP contribution in [0, 0.1) is 0 Å². The lowest BCUT2D eigenvalue weighted by Crippen LogP contribution is -2.34. The summed E-state index contributed by atoms with van der Waals surface area (Å²) in [5, 5.41) is 8.50. The maximum Gasteiger partial charge on any atom is 0.193 e. The minimum absolute atomic E-state index is 0.317. The van der Waals surface area contributed by atoms with Gasteiger partial charge < -0.3 is 11.1 Å². The maximum atomic E-state index is 5.87. The number of nitrogens with two attached hydrogens (primary N) is 1. The number of hydrogen-bond acceptors (Lipinski definition) is 4. The summed E-state index contributed by atoms with van der Waals surface area (Å²) in [4.78, 5) is 2.56. The van der Waals surface area contributed by atoms with Crippen LogP contribution >= 0.6 is 12.2 Å². The molecule has 6 heteroatoms. The minimum Gasteiger partial charge on any atom is -0.374 e. The molecule has 2 aliphatic heterocycles. The van der Waals surface area contributed by atoms with Crippen molar-refractivity contribution in [2.75, 3.05) is 18.4 Å². The molecule has 0 bridgehead atoms. The SMILES string of the molecule is NC(=S)n1nc(C2CCCCN2Cc2ccccc2)c2c1NCC2. The average molecular weight is 341 g/mol. The van der Waals surface area contributed by atoms with Crippen molar-refractivity contribution < 1.29 is 0 Å². The Morgan fingerprint density at radius 1 is 1.29 bits per heavy atom. The molecule has 0 aliphatic carbocycles. The zero-order valence-electron chi connectivity index (χ0n) is 13.7. The van der Waals surface area contributed by atoms with E-state index in [1.54, 1.807) is 4.68 Å². The van der Waals surface area contributed by atoms with Crippen molar-refractivity contribution in [3.8, 4) is 0 Å². The molecule has 3 heterocycles. The Morgan fingerprint density at radius 3 is 2.92 bits per heavy atom. The lowest BCUT2D eigenvalue weighted by molar-refractivity contribution is 0.136. The van der Waals surface area contributed by atoms with Gasteiger partial charge in [-0.05, 0) is 43.6 Å². The standard InChI is InChI=1S/C18H23N5S/c19-18(24)23-17-14(9-10-20-17)16(21-23)15-8-4-5-11-22(15)12-13-6-2-1-3-7-13/h1-3,6-7,15,20H,4-5,8-12H2,(H2,19,24). The zero-order chi connectivity index (χ0) is 16.5. The second-order valence-electron chi connectivity index (χ2n) is 6.61. The Labute approximate surface area is 147 Å². The van der Waals surface area contributed by atoms with Crippen LogP contribution < -0.4 is 11.1 Å². The fourth-order valence-electron chi connectivity index (χ4n) is 3.94. The number of rotatable bonds is 3. The number of thiocarbonyl (C=S) groups is 1. The number of anilines is 1. The Balaban J connectivity index is 1.66. The Morgan fingerprint density at radius 2 is 2.12 bits per heavy atom. The third-order valence-corrected chi connectivity index (χ3v) is 5.22. The van der Waals surface area contributed by atoms with Gasteiger partial charge in [0.2, 0.25) is 0 Å². The number of benzene rings is 1. The normalized spacial score (nSPS) is 20.6. The van der Waals surface area contributed by atoms with Gasteiger partial charge in [0.1, 0.15) is 5.82 Å². The van der Waals surface area contributed by atoms with Crippen molar-refractivity contribution in [1.29, 1.82) is 0 Å². The van der Waals surface area contributed by atoms with Crippen LogP contribution in [-0.4, -0.2) is 32.9 Å². The van der Waals surface area contributed by atoms with E-state index in [0.29, 0.717) is 11.2 Å². The molecule has 3 N–H and O–H groups in total. The van der Waals surface area contributed by atoms with Crippen molar-refractivity contribution in [3.63, 3.8) is 0 Å². The van der Waals surface area contributed by atoms with Gasteiger partial charge in [0.15, 0.2) is 5.11 Å². The van der Waals surface area contributed by atoms with E-state index in [-0.39, 0.29) is 0 Å². The highest BCUT2D eigenvalue weighted by Gasteiger charge is 2.32. The highest BCUT2D eigenvalue weighted by molar-refractivity contribution is 7.80. The molecule has 24 heavy (non-hydrogen) atoms. The quantitative estimate of drug-likeness (QED) is 0.841. The second-order valence-corrected chi connectivity index (χ2v) is 7.03. The van der Waals surface area contributed by atoms with Crippen LogP contribution in [0.5, 0.6) is 0 Å². The Bertz CT molecular complexity index is 739. The summed E-state index contributed by atoms with van der Waals surface area (Å²) in [6, 6.07) is 11.0. The van der Waals surface area contributed by atoms with Gasteiger partial charge in [-0.3, -0.25) is 4.90 Å². The molecule has 0 spiro atoms. The van der Waals surface area contributed by atoms with Gasteiger partial charge in [-0.1, -0.05) is 36.8 Å². The number of fused-ring (bicyclic) bond motifs is 1. The molecule has 4 rings (SSSR count). The van der Waals surface area contributed by atoms with Crippen LogP contribution in [0.15, 0.2) is 30.3 Å². The van der Waals surface area contributed by atoms with Gasteiger partial charge in [0.05, 0.1) is 11.7 Å². The van der Waals surface area contributed by atoms with E-state index in [1.165, 1.54) is 29.7 Å². The monoisotopic (exact) mass is 341 g/mol. The summed E-state index contributed by atoms with van der Waals surface area (Å²) in [7, 11) is 0. The third-order valence-electron chi connectivity index (χ3n) is 5.05. The van der Waals surface area contributed by atoms with Gasteiger partial charge in [0.25, 0.3) is 0 Å². The molecule has 1 fully saturated rings. The number of aromatic nitrogens is 2. The third kappa shape index (κ3) is 2.80. The first-order valence-electron chi connectivity index (χ1n) is 8.67. The largest absolute Gasteiger partial charge is 0.374 e. The number of nitrogens with one attached hydrogen (secondary N) is 1. The molecule has 1 aromatic heterocycles. The van der Waals surface area contributed by atoms with Crippen molar-refractivity contribution >= 4 is 23.1 Å². The first kappa shape index (κ1) is 15.6. The predicted molar refractivity (Wildman–Crippen MR) is 100 cm³/mol. The molecular formula is C18H23N5S. The zero-order valence-corrected chi connectivity index (χ0v) is 14.6. The summed E-state index contributed by atoms with van der Waals surface area (Å²) < 4.78 is 1.71. The molecule has 1 atom stereocenters. The summed E-state index contributed by atoms with van der Waals surface area (Å²) in [6.45, 7) is 3.02. The number of nitrogens with zero attached hydrogens (tertiary/aromatic N) is 3. The van der Waals surface area contributed by atoms with Crippen molar-refractivity contribution in [2.24, 2.45) is 5.73 Å². The predicted octanol–water partition coefficient (Wildman–Crippen LogP) is 2.67. The topological polar surface area (TPSA) is 59.1 Å². The lowest BCUT2D eigenvalue weighted by Gasteiger charge is -2.35. The van der Waals surface area contributed by atoms with E-state index in [1.807, 2.05) is 0 Å². The second kappa shape index (κ2) is 6.53. The summed E-state index contributed by atoms with van der Waals surface area (Å²) in [6.07, 6.45) is 4.65. The first-order chi connectivity index (χ1) is 11.7. The maximum absolute atomic E-state index is 5.87. The fraction of sp³-hybridized carbons (Fsp3) is 0.444. The van der Waals surface area contributed by atoms with Crippen LogP contribution in [0.1, 0.15) is 42.1 Å². The van der Waals surface area contributed by atoms with Gasteiger partial charge in [0, 0.05) is 18.7 Å². The summed E-state index contributed by atoms with van der Waals surface area (Å²) in [5.74, 6) is 1.00. The van der Waals surface area contributed by atoms with Crippen LogP contribution in [0.4, 0.5) is 5.82 Å². The van der Waals surface area contributed by atoms with Gasteiger partial charge >= 0.3 is 0 Å². The van der Waals surface area contributed by atoms with Crippen LogP contribution in [0.3, 0.4) is 0 Å². The van der Waals surface area contributed by atoms with E-state index in [0.717, 1.165) is 38.3 Å². The highest BCUT2D eigenvalue weighted by Crippen LogP contribution is 2.37. The van der Waals surface area contributed by atoms with Crippen LogP contribution in [0.2, 0.25) is 0 Å². The molecule has 0 amide bonds. The van der Waals surface area contributed by atoms with Crippen molar-refractivity contribution in [1.82, 2.24) is 14.7 Å². The van der Waals surface area contributed by atoms with Crippen molar-refractivity contribution in [3.05, 3.63) is 47.2 Å². The highest BCUT2D eigenvalue weighted by atomic mass is 32.1. The smallest absolute Gasteiger partial charge is 0.193 e. The Kier molecular flexibility index (Phi) is 4.24. The average Bonchev–Trinajstić information content (AvgIpc) is 3.18. The molecule has 0 radical (unpaired) electrons. The van der Waals surface area contributed by atoms with E-state index in [4.69, 9.17) is 23.1 Å². The number of hydrogen-bond donors (Lipinski definition) is 2. The van der Waals surface area contributed by atoms with Gasteiger partial charge in [-0.25, -0.2) is 0 Å². The molecule has 2 aliphatic rings. The molecule has 2 aromatic rings. The molecular weight excluding hydrogens is 318 g/mol. The first-order valence-corrected chi connectivity index (χ1v) is 9.08. The molecule has 126 valence electrons. The molecule has 1 saturated heterocycles. The molecule has 1 aromatic carbocycles. The molecule has 0 saturated carbocycles. The minimum atomic E-state index is 0.317. The van der Waals surface area contributed by atoms with E-state index in [2.05, 4.69) is 40.5 Å². The molecule has 5 nitrogen and oxygen atoms in total. The summed E-state index contributed by atoms with van der Waals surface area (Å²) in [5.41, 5.74) is 9.68. The van der Waals surface area contributed by atoms with E-state index in [9.17, 15) is 0 Å². The van der Waals surface area contributed by atoms with E-state index >= 15 is 0 Å². The fourth-order valence-corrected chi connectivity index (χ4v) is 4.07. The number of likely N-dealkylation sites (tertiary alicyclic amines) is 1. The van der Waals surface area contributed by atoms with Crippen LogP contribution in [0.25, 0.3) is 0 Å². The number of piperidine rings is 1. The Hall–Kier alpha value is -1.92. The van der Waals surface area contributed by atoms with Crippen molar-refractivity contribution in [2.45, 2.75) is 38.3 Å². The lowest BCUT2D eigenvalue weighted by atomic mass is 9.95. The van der Waals surface area contributed by atoms with Gasteiger partial charge in [-0.15, -0.1) is 0 Å². The van der Waals surface area contributed by atoms with E-state index < -0.39 is 0 Å².